The van der Waals surface area contributed by atoms with E-state index in [0.29, 0.717) is 52.9 Å². The van der Waals surface area contributed by atoms with Gasteiger partial charge in [0, 0.05) is 0 Å². The summed E-state index contributed by atoms with van der Waals surface area (Å²) in [6.07, 6.45) is 35.9. The van der Waals surface area contributed by atoms with Crippen molar-refractivity contribution in [1.82, 2.24) is 0 Å². The quantitative estimate of drug-likeness (QED) is 0.0349. The Morgan fingerprint density at radius 2 is 0.255 bits per heavy atom. The molecule has 0 unspecified atom stereocenters. The summed E-state index contributed by atoms with van der Waals surface area (Å²) in [4.78, 5) is 0. The van der Waals surface area contributed by atoms with Gasteiger partial charge in [-0.05, 0) is 177 Å². The molecule has 0 bridgehead atoms. The Labute approximate surface area is 592 Å². The highest BCUT2D eigenvalue weighted by Gasteiger charge is 2.14. The molecule has 0 heterocycles. The molecule has 0 saturated heterocycles. The van der Waals surface area contributed by atoms with Gasteiger partial charge in [0.25, 0.3) is 0 Å². The van der Waals surface area contributed by atoms with Gasteiger partial charge in [0.15, 0.2) is 46.0 Å². The van der Waals surface area contributed by atoms with Crippen LogP contribution in [0.2, 0.25) is 0 Å². The first kappa shape index (κ1) is 78.3. The number of ether oxygens (including phenoxy) is 8. The van der Waals surface area contributed by atoms with Gasteiger partial charge in [0.2, 0.25) is 0 Å². The Balaban J connectivity index is 1.58. The molecule has 0 atom stereocenters. The molecule has 98 heavy (non-hydrogen) atoms. The molecule has 7 rings (SSSR count). The van der Waals surface area contributed by atoms with Crippen LogP contribution in [0.3, 0.4) is 0 Å². The van der Waals surface area contributed by atoms with E-state index < -0.39 is 0 Å². The molecule has 0 saturated carbocycles. The first-order valence-corrected chi connectivity index (χ1v) is 39.3. The van der Waals surface area contributed by atoms with Crippen LogP contribution in [0.25, 0.3) is 64.6 Å². The molecule has 0 amide bonds. The third-order valence-electron chi connectivity index (χ3n) is 18.6. The van der Waals surface area contributed by atoms with Gasteiger partial charge in [-0.15, -0.1) is 0 Å². The van der Waals surface area contributed by atoms with E-state index in [1.165, 1.54) is 103 Å². The number of hydrogen-bond acceptors (Lipinski definition) is 8. The maximum atomic E-state index is 6.75. The fraction of sp³-hybridized carbons (Fsp3) is 0.533. The molecule has 7 aromatic rings. The zero-order valence-electron chi connectivity index (χ0n) is 62.3. The second-order valence-corrected chi connectivity index (χ2v) is 27.1. The van der Waals surface area contributed by atoms with Crippen LogP contribution in [0.15, 0.2) is 133 Å². The minimum absolute atomic E-state index is 0.632. The molecule has 0 aliphatic carbocycles. The van der Waals surface area contributed by atoms with Crippen LogP contribution < -0.4 is 37.9 Å². The third-order valence-corrected chi connectivity index (χ3v) is 18.6. The Hall–Kier alpha value is -7.06. The minimum Gasteiger partial charge on any atom is -0.490 e. The molecule has 0 N–H and O–H groups in total. The summed E-state index contributed by atoms with van der Waals surface area (Å²) in [7, 11) is 0. The molecular weight excluding hydrogens is 1210 g/mol. The molecular formula is C90H126O8. The average molecular weight is 1340 g/mol. The topological polar surface area (TPSA) is 73.8 Å². The van der Waals surface area contributed by atoms with Crippen molar-refractivity contribution in [3.63, 3.8) is 0 Å². The zero-order valence-corrected chi connectivity index (χ0v) is 62.3. The summed E-state index contributed by atoms with van der Waals surface area (Å²) in [6, 6.07) is 49.5. The van der Waals surface area contributed by atoms with Crippen LogP contribution in [0.1, 0.15) is 261 Å². The summed E-state index contributed by atoms with van der Waals surface area (Å²) < 4.78 is 53.9. The van der Waals surface area contributed by atoms with Gasteiger partial charge in [-0.25, -0.2) is 0 Å². The first-order valence-electron chi connectivity index (χ1n) is 39.3. The van der Waals surface area contributed by atoms with E-state index in [1.807, 2.05) is 0 Å². The lowest BCUT2D eigenvalue weighted by Crippen LogP contribution is -2.03. The third kappa shape index (κ3) is 27.2. The van der Waals surface area contributed by atoms with Gasteiger partial charge in [-0.1, -0.05) is 282 Å². The highest BCUT2D eigenvalue weighted by atomic mass is 16.5. The highest BCUT2D eigenvalue weighted by molar-refractivity contribution is 6.00. The maximum Gasteiger partial charge on any atom is 0.161 e. The van der Waals surface area contributed by atoms with Gasteiger partial charge in [-0.3, -0.25) is 0 Å². The van der Waals surface area contributed by atoms with E-state index in [-0.39, 0.29) is 0 Å². The molecule has 534 valence electrons. The minimum atomic E-state index is 0.632. The summed E-state index contributed by atoms with van der Waals surface area (Å²) in [5.74, 6) is 6.26. The molecule has 0 aliphatic rings. The smallest absolute Gasteiger partial charge is 0.161 e. The van der Waals surface area contributed by atoms with Crippen LogP contribution in [-0.2, 0) is 0 Å². The molecule has 7 aromatic carbocycles. The lowest BCUT2D eigenvalue weighted by atomic mass is 10.0. The summed E-state index contributed by atoms with van der Waals surface area (Å²) in [6.45, 7) is 23.1. The van der Waals surface area contributed by atoms with Crippen LogP contribution in [0.5, 0.6) is 46.0 Å². The fourth-order valence-electron chi connectivity index (χ4n) is 12.4. The Morgan fingerprint density at radius 1 is 0.143 bits per heavy atom. The fourth-order valence-corrected chi connectivity index (χ4v) is 12.4. The first-order chi connectivity index (χ1) is 48.3. The summed E-state index contributed by atoms with van der Waals surface area (Å²) >= 11 is 0. The predicted molar refractivity (Wildman–Crippen MR) is 421 cm³/mol. The van der Waals surface area contributed by atoms with Crippen molar-refractivity contribution in [2.75, 3.05) is 52.9 Å². The largest absolute Gasteiger partial charge is 0.490 e. The normalized spacial score (nSPS) is 11.3. The Kier molecular flexibility index (Phi) is 37.6. The Morgan fingerprint density at radius 3 is 0.367 bits per heavy atom. The second-order valence-electron chi connectivity index (χ2n) is 27.1. The van der Waals surface area contributed by atoms with Crippen molar-refractivity contribution in [1.29, 1.82) is 0 Å². The number of hydrogen-bond donors (Lipinski definition) is 0. The number of rotatable bonds is 48. The zero-order chi connectivity index (χ0) is 69.0. The van der Waals surface area contributed by atoms with Crippen LogP contribution >= 0.6 is 0 Å². The lowest BCUT2D eigenvalue weighted by Gasteiger charge is -2.15. The van der Waals surface area contributed by atoms with Crippen LogP contribution in [0, 0.1) is 0 Å². The van der Waals surface area contributed by atoms with E-state index in [2.05, 4.69) is 189 Å². The SMILES string of the molecule is CCCCCCOc1cc2ccc3cc(OCCCCCC)c(OCCCCCC)cc3ccc3cc4ccc5cc(OCCCCCC)c(OCCCCCC)cc5ccc5cc(OCCCCCC)c(OCCCCCC)cc5ccc4cc3ccc2cc1OCCCCCC. The molecule has 8 heteroatoms. The summed E-state index contributed by atoms with van der Waals surface area (Å²) in [5, 5.41) is 12.6. The monoisotopic (exact) mass is 1330 g/mol. The van der Waals surface area contributed by atoms with Crippen molar-refractivity contribution in [3.8, 4) is 46.0 Å². The second kappa shape index (κ2) is 47.1. The predicted octanol–water partition coefficient (Wildman–Crippen LogP) is 27.7. The van der Waals surface area contributed by atoms with E-state index in [0.717, 1.165) is 213 Å². The summed E-state index contributed by atoms with van der Waals surface area (Å²) in [5.41, 5.74) is 0. The highest BCUT2D eigenvalue weighted by Crippen LogP contribution is 2.39. The number of unbranched alkanes of at least 4 members (excludes halogenated alkanes) is 24. The van der Waals surface area contributed by atoms with E-state index in [1.54, 1.807) is 0 Å². The van der Waals surface area contributed by atoms with Gasteiger partial charge in [-0.2, -0.15) is 0 Å². The van der Waals surface area contributed by atoms with Gasteiger partial charge < -0.3 is 37.9 Å². The standard InChI is InChI=1S/C90H126O8/c1-9-17-25-33-53-91-83-63-75-45-41-71-61-73-43-47-77-65-85(93-55-35-27-19-11-3)89(97-59-39-31-23-15-7)69-81(77)51-52-82-70-90(98-60-40-32-24-16-8)86(94-56-36-28-20-12-4)66-78(82)48-44-74(73)62-72(71)42-46-76-64-84(92-54-34-26-18-10-2)88(96-58-38-30-22-14-6)68-80(76)50-49-79(75)67-87(83)95-57-37-29-21-13-5/h41-52,61-70H,9-40,53-60H2,1-8H3. The van der Waals surface area contributed by atoms with Crippen LogP contribution in [0.4, 0.5) is 0 Å². The van der Waals surface area contributed by atoms with Gasteiger partial charge >= 0.3 is 0 Å². The van der Waals surface area contributed by atoms with Crippen molar-refractivity contribution >= 4 is 64.6 Å². The van der Waals surface area contributed by atoms with Gasteiger partial charge in [0.1, 0.15) is 0 Å². The number of fused-ring (bicyclic) bond motifs is 6. The van der Waals surface area contributed by atoms with Crippen molar-refractivity contribution in [2.24, 2.45) is 0 Å². The van der Waals surface area contributed by atoms with Crippen molar-refractivity contribution in [2.45, 2.75) is 261 Å². The van der Waals surface area contributed by atoms with Crippen molar-refractivity contribution < 1.29 is 37.9 Å². The van der Waals surface area contributed by atoms with E-state index >= 15 is 0 Å². The molecule has 8 nitrogen and oxygen atoms in total. The van der Waals surface area contributed by atoms with Gasteiger partial charge in [0.05, 0.1) is 52.9 Å². The molecule has 0 aliphatic heterocycles. The lowest BCUT2D eigenvalue weighted by molar-refractivity contribution is 0.259. The number of benzene rings is 5. The average Bonchev–Trinajstić information content (AvgIpc) is 0.806. The molecule has 0 fully saturated rings. The van der Waals surface area contributed by atoms with Crippen LogP contribution in [-0.4, -0.2) is 52.9 Å². The maximum absolute atomic E-state index is 6.75. The molecule has 0 radical (unpaired) electrons. The molecule has 0 spiro atoms. The van der Waals surface area contributed by atoms with Crippen molar-refractivity contribution in [3.05, 3.63) is 133 Å². The Bertz CT molecular complexity index is 3170. The van der Waals surface area contributed by atoms with E-state index in [9.17, 15) is 0 Å². The molecule has 0 aromatic heterocycles. The van der Waals surface area contributed by atoms with E-state index in [4.69, 9.17) is 37.9 Å².